The van der Waals surface area contributed by atoms with E-state index in [2.05, 4.69) is 11.3 Å². The molecule has 0 aromatic rings. The third kappa shape index (κ3) is 5.01. The second kappa shape index (κ2) is 5.76. The summed E-state index contributed by atoms with van der Waals surface area (Å²) in [6.45, 7) is 1.07. The molecule has 9 heteroatoms. The van der Waals surface area contributed by atoms with Crippen molar-refractivity contribution in [3.05, 3.63) is 12.7 Å². The first kappa shape index (κ1) is 16.4. The van der Waals surface area contributed by atoms with Crippen molar-refractivity contribution in [2.24, 2.45) is 0 Å². The van der Waals surface area contributed by atoms with E-state index < -0.39 is 27.9 Å². The Morgan fingerprint density at radius 1 is 1.57 bits per heavy atom. The SMILES string of the molecule is C=CC(=O)OCC(F)(F)S(=O)(=O)[O-].[Na+]. The summed E-state index contributed by atoms with van der Waals surface area (Å²) in [7, 11) is -5.80. The van der Waals surface area contributed by atoms with Crippen molar-refractivity contribution in [1.29, 1.82) is 0 Å². The molecule has 0 N–H and O–H groups in total. The van der Waals surface area contributed by atoms with Gasteiger partial charge in [0.05, 0.1) is 0 Å². The van der Waals surface area contributed by atoms with E-state index in [1.165, 1.54) is 0 Å². The van der Waals surface area contributed by atoms with E-state index in [4.69, 9.17) is 0 Å². The monoisotopic (exact) mass is 238 g/mol. The predicted molar refractivity (Wildman–Crippen MR) is 35.8 cm³/mol. The van der Waals surface area contributed by atoms with Gasteiger partial charge < -0.3 is 9.29 Å². The van der Waals surface area contributed by atoms with Crippen LogP contribution in [0.1, 0.15) is 0 Å². The topological polar surface area (TPSA) is 83.5 Å². The Morgan fingerprint density at radius 3 is 2.29 bits per heavy atom. The van der Waals surface area contributed by atoms with Gasteiger partial charge in [-0.1, -0.05) is 6.58 Å². The first-order chi connectivity index (χ1) is 5.70. The summed E-state index contributed by atoms with van der Waals surface area (Å²) < 4.78 is 57.6. The third-order valence-electron chi connectivity index (χ3n) is 0.915. The van der Waals surface area contributed by atoms with Gasteiger partial charge in [0, 0.05) is 6.08 Å². The molecule has 0 amide bonds. The van der Waals surface area contributed by atoms with Crippen LogP contribution in [-0.4, -0.2) is 30.8 Å². The standard InChI is InChI=1S/C5H6F2O5S.Na/c1-2-4(8)12-3-5(6,7)13(9,10)11;/h2H,1,3H2,(H,9,10,11);/q;+1/p-1. The normalized spacial score (nSPS) is 11.4. The zero-order valence-corrected chi connectivity index (χ0v) is 10.0. The fourth-order valence-electron chi connectivity index (χ4n) is 0.286. The van der Waals surface area contributed by atoms with E-state index in [9.17, 15) is 26.5 Å². The van der Waals surface area contributed by atoms with Crippen molar-refractivity contribution in [1.82, 2.24) is 0 Å². The van der Waals surface area contributed by atoms with Gasteiger partial charge in [0.2, 0.25) is 0 Å². The predicted octanol–water partition coefficient (Wildman–Crippen LogP) is -3.14. The van der Waals surface area contributed by atoms with E-state index in [1.807, 2.05) is 0 Å². The molecule has 0 saturated carbocycles. The minimum absolute atomic E-state index is 0. The van der Waals surface area contributed by atoms with Gasteiger partial charge in [-0.15, -0.1) is 0 Å². The Morgan fingerprint density at radius 2 is 2.00 bits per heavy atom. The number of alkyl halides is 2. The minimum Gasteiger partial charge on any atom is -0.743 e. The Hall–Kier alpha value is -0.0200. The number of ether oxygens (including phenoxy) is 1. The van der Waals surface area contributed by atoms with E-state index in [-0.39, 0.29) is 29.6 Å². The van der Waals surface area contributed by atoms with E-state index in [0.717, 1.165) is 0 Å². The maximum absolute atomic E-state index is 12.2. The average Bonchev–Trinajstić information content (AvgIpc) is 1.98. The quantitative estimate of drug-likeness (QED) is 0.224. The summed E-state index contributed by atoms with van der Waals surface area (Å²) >= 11 is 0. The molecule has 0 aromatic carbocycles. The van der Waals surface area contributed by atoms with Gasteiger partial charge in [0.15, 0.2) is 16.7 Å². The Labute approximate surface area is 101 Å². The largest absolute Gasteiger partial charge is 1.00 e. The van der Waals surface area contributed by atoms with E-state index in [0.29, 0.717) is 6.08 Å². The first-order valence-electron chi connectivity index (χ1n) is 2.83. The van der Waals surface area contributed by atoms with Crippen LogP contribution in [0.3, 0.4) is 0 Å². The van der Waals surface area contributed by atoms with Crippen LogP contribution in [-0.2, 0) is 19.6 Å². The molecule has 0 bridgehead atoms. The summed E-state index contributed by atoms with van der Waals surface area (Å²) in [5.74, 6) is -1.23. The fourth-order valence-corrected chi connectivity index (χ4v) is 0.490. The number of carbonyl (C=O) groups excluding carboxylic acids is 1. The molecule has 0 atom stereocenters. The van der Waals surface area contributed by atoms with Crippen LogP contribution in [0.25, 0.3) is 0 Å². The zero-order chi connectivity index (χ0) is 10.7. The number of hydrogen-bond donors (Lipinski definition) is 0. The number of hydrogen-bond acceptors (Lipinski definition) is 5. The van der Waals surface area contributed by atoms with Crippen molar-refractivity contribution in [2.45, 2.75) is 5.25 Å². The van der Waals surface area contributed by atoms with Crippen LogP contribution < -0.4 is 29.6 Å². The first-order valence-corrected chi connectivity index (χ1v) is 4.24. The van der Waals surface area contributed by atoms with Crippen molar-refractivity contribution in [3.8, 4) is 0 Å². The van der Waals surface area contributed by atoms with Crippen LogP contribution >= 0.6 is 0 Å². The summed E-state index contributed by atoms with van der Waals surface area (Å²) in [4.78, 5) is 10.2. The number of rotatable bonds is 4. The van der Waals surface area contributed by atoms with Gasteiger partial charge in [-0.05, 0) is 0 Å². The molecule has 0 aromatic heterocycles. The van der Waals surface area contributed by atoms with E-state index >= 15 is 0 Å². The fraction of sp³-hybridized carbons (Fsp3) is 0.400. The van der Waals surface area contributed by atoms with Gasteiger partial charge in [0.25, 0.3) is 0 Å². The van der Waals surface area contributed by atoms with Crippen LogP contribution in [0.4, 0.5) is 8.78 Å². The molecule has 0 radical (unpaired) electrons. The molecule has 0 aliphatic heterocycles. The van der Waals surface area contributed by atoms with Crippen LogP contribution in [0.5, 0.6) is 0 Å². The van der Waals surface area contributed by atoms with Gasteiger partial charge in [0.1, 0.15) is 0 Å². The smallest absolute Gasteiger partial charge is 0.743 e. The van der Waals surface area contributed by atoms with Crippen LogP contribution in [0, 0.1) is 0 Å². The summed E-state index contributed by atoms with van der Waals surface area (Å²) in [6, 6.07) is 0. The number of esters is 1. The van der Waals surface area contributed by atoms with Crippen molar-refractivity contribution in [3.63, 3.8) is 0 Å². The molecule has 0 spiro atoms. The third-order valence-corrected chi connectivity index (χ3v) is 1.76. The molecule has 0 saturated heterocycles. The maximum Gasteiger partial charge on any atom is 1.00 e. The maximum atomic E-state index is 12.2. The Balaban J connectivity index is 0. The van der Waals surface area contributed by atoms with Gasteiger partial charge in [-0.2, -0.15) is 8.78 Å². The molecule has 5 nitrogen and oxygen atoms in total. The molecule has 14 heavy (non-hydrogen) atoms. The molecule has 0 aliphatic rings. The second-order valence-corrected chi connectivity index (χ2v) is 3.41. The van der Waals surface area contributed by atoms with Crippen molar-refractivity contribution < 1.29 is 60.8 Å². The van der Waals surface area contributed by atoms with Crippen LogP contribution in [0.15, 0.2) is 12.7 Å². The van der Waals surface area contributed by atoms with Crippen molar-refractivity contribution in [2.75, 3.05) is 6.61 Å². The Kier molecular flexibility index (Phi) is 6.75. The summed E-state index contributed by atoms with van der Waals surface area (Å²) in [5, 5.41) is -4.61. The average molecular weight is 238 g/mol. The summed E-state index contributed by atoms with van der Waals surface area (Å²) in [5.41, 5.74) is 0. The molecule has 0 rings (SSSR count). The molecule has 76 valence electrons. The molecule has 0 unspecified atom stereocenters. The van der Waals surface area contributed by atoms with Gasteiger partial charge >= 0.3 is 40.8 Å². The summed E-state index contributed by atoms with van der Waals surface area (Å²) in [6.07, 6.45) is 0.563. The molecule has 0 fully saturated rings. The number of carbonyl (C=O) groups is 1. The zero-order valence-electron chi connectivity index (χ0n) is 7.20. The van der Waals surface area contributed by atoms with Gasteiger partial charge in [-0.3, -0.25) is 0 Å². The molecule has 0 heterocycles. The van der Waals surface area contributed by atoms with E-state index in [1.54, 1.807) is 0 Å². The Bertz CT molecular complexity index is 312. The molecular formula is C5H5F2NaO5S. The molecule has 0 aliphatic carbocycles. The minimum atomic E-state index is -5.80. The number of halogens is 2. The van der Waals surface area contributed by atoms with Gasteiger partial charge in [-0.25, -0.2) is 13.2 Å². The van der Waals surface area contributed by atoms with Crippen LogP contribution in [0.2, 0.25) is 0 Å². The van der Waals surface area contributed by atoms with Crippen molar-refractivity contribution >= 4 is 16.1 Å². The second-order valence-electron chi connectivity index (χ2n) is 1.90. The molecular weight excluding hydrogens is 233 g/mol.